The molecule has 0 atom stereocenters. The van der Waals surface area contributed by atoms with Gasteiger partial charge in [0, 0.05) is 19.8 Å². The molecule has 1 aromatic carbocycles. The number of benzene rings is 1. The number of aryl methyl sites for hydroxylation is 1. The molecule has 1 fully saturated rings. The van der Waals surface area contributed by atoms with Gasteiger partial charge in [0.15, 0.2) is 0 Å². The van der Waals surface area contributed by atoms with Crippen LogP contribution in [-0.4, -0.2) is 34.1 Å². The van der Waals surface area contributed by atoms with Crippen LogP contribution in [0.3, 0.4) is 0 Å². The molecule has 0 spiro atoms. The zero-order chi connectivity index (χ0) is 16.2. The van der Waals surface area contributed by atoms with Gasteiger partial charge in [-0.3, -0.25) is 4.79 Å². The quantitative estimate of drug-likeness (QED) is 0.804. The van der Waals surface area contributed by atoms with E-state index < -0.39 is 21.3 Å². The molecule has 122 valence electrons. The van der Waals surface area contributed by atoms with Gasteiger partial charge in [-0.1, -0.05) is 24.3 Å². The first-order valence-corrected chi connectivity index (χ1v) is 8.89. The lowest BCUT2D eigenvalue weighted by Crippen LogP contribution is -2.49. The molecule has 0 unspecified atom stereocenters. The van der Waals surface area contributed by atoms with E-state index in [2.05, 4.69) is 4.72 Å². The lowest BCUT2D eigenvalue weighted by atomic mass is 9.80. The van der Waals surface area contributed by atoms with E-state index in [-0.39, 0.29) is 12.3 Å². The minimum Gasteiger partial charge on any atom is -0.381 e. The van der Waals surface area contributed by atoms with Crippen molar-refractivity contribution < 1.29 is 17.9 Å². The maximum Gasteiger partial charge on any atom is 0.225 e. The largest absolute Gasteiger partial charge is 0.381 e. The first kappa shape index (κ1) is 16.9. The first-order chi connectivity index (χ1) is 10.3. The van der Waals surface area contributed by atoms with Crippen LogP contribution in [0.2, 0.25) is 0 Å². The van der Waals surface area contributed by atoms with Gasteiger partial charge in [-0.15, -0.1) is 0 Å². The van der Waals surface area contributed by atoms with Gasteiger partial charge in [0.1, 0.15) is 0 Å². The minimum absolute atomic E-state index is 0.0277. The zero-order valence-corrected chi connectivity index (χ0v) is 13.5. The van der Waals surface area contributed by atoms with E-state index >= 15 is 0 Å². The van der Waals surface area contributed by atoms with Crippen LogP contribution in [0.15, 0.2) is 24.3 Å². The number of ether oxygens (including phenoxy) is 1. The van der Waals surface area contributed by atoms with Crippen LogP contribution in [0, 0.1) is 12.3 Å². The number of hydrogen-bond acceptors (Lipinski definition) is 4. The smallest absolute Gasteiger partial charge is 0.225 e. The number of rotatable bonds is 6. The third-order valence-corrected chi connectivity index (χ3v) is 5.49. The van der Waals surface area contributed by atoms with Gasteiger partial charge in [-0.25, -0.2) is 13.1 Å². The van der Waals surface area contributed by atoms with Crippen molar-refractivity contribution >= 4 is 15.9 Å². The molecule has 3 N–H and O–H groups in total. The summed E-state index contributed by atoms with van der Waals surface area (Å²) < 4.78 is 32.3. The van der Waals surface area contributed by atoms with Gasteiger partial charge in [0.05, 0.1) is 11.2 Å². The summed E-state index contributed by atoms with van der Waals surface area (Å²) in [6, 6.07) is 7.32. The van der Waals surface area contributed by atoms with Crippen molar-refractivity contribution in [1.29, 1.82) is 0 Å². The Bertz CT molecular complexity index is 637. The number of nitrogens with one attached hydrogen (secondary N) is 1. The van der Waals surface area contributed by atoms with E-state index in [1.807, 2.05) is 19.1 Å². The van der Waals surface area contributed by atoms with Gasteiger partial charge in [0.2, 0.25) is 15.9 Å². The minimum atomic E-state index is -3.53. The van der Waals surface area contributed by atoms with Crippen LogP contribution in [0.5, 0.6) is 0 Å². The Balaban J connectivity index is 2.05. The van der Waals surface area contributed by atoms with Crippen molar-refractivity contribution in [3.05, 3.63) is 35.4 Å². The van der Waals surface area contributed by atoms with Gasteiger partial charge < -0.3 is 10.5 Å². The molecule has 1 heterocycles. The third-order valence-electron chi connectivity index (χ3n) is 4.21. The Hall–Kier alpha value is -1.44. The summed E-state index contributed by atoms with van der Waals surface area (Å²) in [6.07, 6.45) is 0.879. The van der Waals surface area contributed by atoms with Crippen LogP contribution in [0.1, 0.15) is 24.0 Å². The highest BCUT2D eigenvalue weighted by Gasteiger charge is 2.39. The Morgan fingerprint density at radius 3 is 2.55 bits per heavy atom. The molecule has 1 aliphatic rings. The highest BCUT2D eigenvalue weighted by molar-refractivity contribution is 7.88. The van der Waals surface area contributed by atoms with E-state index in [4.69, 9.17) is 10.5 Å². The topological polar surface area (TPSA) is 98.5 Å². The van der Waals surface area contributed by atoms with Crippen LogP contribution in [-0.2, 0) is 25.3 Å². The molecule has 1 aromatic rings. The van der Waals surface area contributed by atoms with Gasteiger partial charge in [0.25, 0.3) is 0 Å². The summed E-state index contributed by atoms with van der Waals surface area (Å²) in [5.74, 6) is -0.584. The number of sulfonamides is 1. The number of nitrogens with two attached hydrogens (primary N) is 1. The molecule has 0 aliphatic carbocycles. The number of amides is 1. The second kappa shape index (κ2) is 6.76. The van der Waals surface area contributed by atoms with Gasteiger partial charge in [-0.2, -0.15) is 0 Å². The summed E-state index contributed by atoms with van der Waals surface area (Å²) in [4.78, 5) is 11.7. The number of hydrogen-bond donors (Lipinski definition) is 2. The molecule has 6 nitrogen and oxygen atoms in total. The molecule has 2 rings (SSSR count). The van der Waals surface area contributed by atoms with Crippen molar-refractivity contribution in [3.63, 3.8) is 0 Å². The van der Waals surface area contributed by atoms with E-state index in [1.165, 1.54) is 0 Å². The van der Waals surface area contributed by atoms with E-state index in [0.29, 0.717) is 26.1 Å². The predicted octanol–water partition coefficient (Wildman–Crippen LogP) is 0.697. The second-order valence-corrected chi connectivity index (χ2v) is 7.57. The molecule has 1 saturated heterocycles. The lowest BCUT2D eigenvalue weighted by molar-refractivity contribution is -0.132. The van der Waals surface area contributed by atoms with E-state index in [0.717, 1.165) is 11.1 Å². The summed E-state index contributed by atoms with van der Waals surface area (Å²) in [5, 5.41) is 0. The molecule has 22 heavy (non-hydrogen) atoms. The van der Waals surface area contributed by atoms with Gasteiger partial charge in [-0.05, 0) is 30.9 Å². The Morgan fingerprint density at radius 1 is 1.32 bits per heavy atom. The zero-order valence-electron chi connectivity index (χ0n) is 12.7. The summed E-state index contributed by atoms with van der Waals surface area (Å²) >= 11 is 0. The fraction of sp³-hybridized carbons (Fsp3) is 0.533. The van der Waals surface area contributed by atoms with E-state index in [9.17, 15) is 13.2 Å². The highest BCUT2D eigenvalue weighted by atomic mass is 32.2. The third kappa shape index (κ3) is 4.06. The lowest BCUT2D eigenvalue weighted by Gasteiger charge is -2.34. The summed E-state index contributed by atoms with van der Waals surface area (Å²) in [7, 11) is -3.53. The van der Waals surface area contributed by atoms with Crippen molar-refractivity contribution in [2.24, 2.45) is 11.1 Å². The fourth-order valence-corrected chi connectivity index (χ4v) is 3.88. The van der Waals surface area contributed by atoms with E-state index in [1.54, 1.807) is 12.1 Å². The first-order valence-electron chi connectivity index (χ1n) is 7.24. The Kier molecular flexibility index (Phi) is 5.20. The highest BCUT2D eigenvalue weighted by Crippen LogP contribution is 2.29. The number of carbonyl (C=O) groups is 1. The summed E-state index contributed by atoms with van der Waals surface area (Å²) in [6.45, 7) is 2.74. The SMILES string of the molecule is Cc1ccccc1CS(=O)(=O)NCC1(C(N)=O)CCOCC1. The Labute approximate surface area is 131 Å². The van der Waals surface area contributed by atoms with Crippen molar-refractivity contribution in [1.82, 2.24) is 4.72 Å². The average Bonchev–Trinajstić information content (AvgIpc) is 2.48. The number of primary amides is 1. The molecular formula is C15H22N2O4S. The van der Waals surface area contributed by atoms with Gasteiger partial charge >= 0.3 is 0 Å². The standard InChI is InChI=1S/C15H22N2O4S/c1-12-4-2-3-5-13(12)10-22(19,20)17-11-15(14(16)18)6-8-21-9-7-15/h2-5,17H,6-11H2,1H3,(H2,16,18). The van der Waals surface area contributed by atoms with Crippen LogP contribution in [0.4, 0.5) is 0 Å². The van der Waals surface area contributed by atoms with Crippen LogP contribution in [0.25, 0.3) is 0 Å². The van der Waals surface area contributed by atoms with Crippen molar-refractivity contribution in [2.75, 3.05) is 19.8 Å². The molecule has 0 radical (unpaired) electrons. The molecule has 0 saturated carbocycles. The normalized spacial score (nSPS) is 18.0. The average molecular weight is 326 g/mol. The maximum atomic E-state index is 12.3. The maximum absolute atomic E-state index is 12.3. The fourth-order valence-electron chi connectivity index (χ4n) is 2.55. The molecule has 0 aromatic heterocycles. The molecule has 7 heteroatoms. The predicted molar refractivity (Wildman–Crippen MR) is 83.5 cm³/mol. The molecule has 1 amide bonds. The van der Waals surface area contributed by atoms with Crippen molar-refractivity contribution in [2.45, 2.75) is 25.5 Å². The van der Waals surface area contributed by atoms with Crippen LogP contribution >= 0.6 is 0 Å². The Morgan fingerprint density at radius 2 is 1.95 bits per heavy atom. The molecule has 0 bridgehead atoms. The second-order valence-electron chi connectivity index (χ2n) is 5.76. The van der Waals surface area contributed by atoms with Crippen molar-refractivity contribution in [3.8, 4) is 0 Å². The van der Waals surface area contributed by atoms with Crippen LogP contribution < -0.4 is 10.5 Å². The molecular weight excluding hydrogens is 304 g/mol. The summed E-state index contributed by atoms with van der Waals surface area (Å²) in [5.41, 5.74) is 6.29. The monoisotopic (exact) mass is 326 g/mol. The molecule has 1 aliphatic heterocycles. The number of carbonyl (C=O) groups excluding carboxylic acids is 1.